The van der Waals surface area contributed by atoms with E-state index in [4.69, 9.17) is 19.0 Å². The SMILES string of the molecule is C/C(=N/OCC(=O)O[C@@H](C)C(=O)c1ccccc1)c1ccc2c(c1)OCO2. The number of carbonyl (C=O) groups excluding carboxylic acids is 2. The Labute approximate surface area is 156 Å². The molecule has 7 heteroatoms. The van der Waals surface area contributed by atoms with Crippen molar-refractivity contribution < 1.29 is 28.6 Å². The Morgan fingerprint density at radius 2 is 1.81 bits per heavy atom. The van der Waals surface area contributed by atoms with E-state index in [-0.39, 0.29) is 12.6 Å². The first-order valence-electron chi connectivity index (χ1n) is 8.40. The molecule has 1 heterocycles. The first kappa shape index (κ1) is 18.4. The van der Waals surface area contributed by atoms with Crippen molar-refractivity contribution in [3.8, 4) is 11.5 Å². The zero-order valence-electron chi connectivity index (χ0n) is 15.0. The molecule has 0 fully saturated rings. The zero-order valence-corrected chi connectivity index (χ0v) is 15.0. The van der Waals surface area contributed by atoms with Gasteiger partial charge >= 0.3 is 5.97 Å². The average molecular weight is 369 g/mol. The van der Waals surface area contributed by atoms with Gasteiger partial charge in [-0.05, 0) is 32.0 Å². The first-order valence-corrected chi connectivity index (χ1v) is 8.40. The first-order chi connectivity index (χ1) is 13.0. The number of hydrogen-bond acceptors (Lipinski definition) is 7. The van der Waals surface area contributed by atoms with E-state index in [9.17, 15) is 9.59 Å². The number of nitrogens with zero attached hydrogens (tertiary/aromatic N) is 1. The van der Waals surface area contributed by atoms with Gasteiger partial charge in [0.25, 0.3) is 0 Å². The standard InChI is InChI=1S/C20H19NO6/c1-13(16-8-9-17-18(10-16)25-12-24-17)21-26-11-19(22)27-14(2)20(23)15-6-4-3-5-7-15/h3-10,14H,11-12H2,1-2H3/b21-13-/t14-/m0/s1. The average Bonchev–Trinajstić information content (AvgIpc) is 3.15. The van der Waals surface area contributed by atoms with Crippen molar-refractivity contribution in [2.24, 2.45) is 5.16 Å². The van der Waals surface area contributed by atoms with Gasteiger partial charge in [-0.1, -0.05) is 35.5 Å². The summed E-state index contributed by atoms with van der Waals surface area (Å²) in [5.74, 6) is 0.362. The number of benzene rings is 2. The third-order valence-electron chi connectivity index (χ3n) is 3.91. The second-order valence-electron chi connectivity index (χ2n) is 5.88. The largest absolute Gasteiger partial charge is 0.454 e. The molecule has 1 atom stereocenters. The molecule has 0 spiro atoms. The third kappa shape index (κ3) is 4.63. The fourth-order valence-corrected chi connectivity index (χ4v) is 2.48. The summed E-state index contributed by atoms with van der Waals surface area (Å²) in [6.07, 6.45) is -0.901. The lowest BCUT2D eigenvalue weighted by Gasteiger charge is -2.11. The Kier molecular flexibility index (Phi) is 5.71. The molecule has 27 heavy (non-hydrogen) atoms. The predicted octanol–water partition coefficient (Wildman–Crippen LogP) is 2.97. The molecule has 3 rings (SSSR count). The number of Topliss-reactive ketones (excluding diaryl/α,β-unsaturated/α-hetero) is 1. The highest BCUT2D eigenvalue weighted by molar-refractivity contribution is 6.00. The number of fused-ring (bicyclic) bond motifs is 1. The van der Waals surface area contributed by atoms with Crippen LogP contribution in [0, 0.1) is 0 Å². The van der Waals surface area contributed by atoms with E-state index in [1.54, 1.807) is 43.3 Å². The van der Waals surface area contributed by atoms with E-state index < -0.39 is 18.7 Å². The molecule has 0 unspecified atom stereocenters. The van der Waals surface area contributed by atoms with E-state index in [0.717, 1.165) is 5.56 Å². The summed E-state index contributed by atoms with van der Waals surface area (Å²) in [5.41, 5.74) is 1.82. The highest BCUT2D eigenvalue weighted by Crippen LogP contribution is 2.32. The van der Waals surface area contributed by atoms with Crippen molar-refractivity contribution in [3.63, 3.8) is 0 Å². The molecule has 0 saturated heterocycles. The number of carbonyl (C=O) groups is 2. The molecule has 0 N–H and O–H groups in total. The van der Waals surface area contributed by atoms with Crippen LogP contribution in [0.5, 0.6) is 11.5 Å². The number of esters is 1. The molecule has 0 amide bonds. The molecule has 0 aromatic heterocycles. The van der Waals surface area contributed by atoms with Gasteiger partial charge in [0.2, 0.25) is 19.2 Å². The van der Waals surface area contributed by atoms with Gasteiger partial charge in [0.05, 0.1) is 5.71 Å². The Hall–Kier alpha value is -3.35. The zero-order chi connectivity index (χ0) is 19.2. The molecule has 140 valence electrons. The normalized spacial score (nSPS) is 13.8. The van der Waals surface area contributed by atoms with Crippen LogP contribution in [-0.4, -0.2) is 37.0 Å². The van der Waals surface area contributed by atoms with Gasteiger partial charge in [-0.15, -0.1) is 0 Å². The van der Waals surface area contributed by atoms with Crippen molar-refractivity contribution in [3.05, 3.63) is 59.7 Å². The van der Waals surface area contributed by atoms with E-state index >= 15 is 0 Å². The fraction of sp³-hybridized carbons (Fsp3) is 0.250. The molecule has 0 radical (unpaired) electrons. The maximum Gasteiger partial charge on any atom is 0.347 e. The molecule has 0 bridgehead atoms. The summed E-state index contributed by atoms with van der Waals surface area (Å²) < 4.78 is 15.7. The number of ketones is 1. The topological polar surface area (TPSA) is 83.4 Å². The van der Waals surface area contributed by atoms with E-state index in [1.165, 1.54) is 6.92 Å². The van der Waals surface area contributed by atoms with Crippen molar-refractivity contribution in [2.75, 3.05) is 13.4 Å². The van der Waals surface area contributed by atoms with Crippen molar-refractivity contribution in [1.82, 2.24) is 0 Å². The Morgan fingerprint density at radius 3 is 2.59 bits per heavy atom. The van der Waals surface area contributed by atoms with Crippen LogP contribution in [0.1, 0.15) is 29.8 Å². The quantitative estimate of drug-likeness (QED) is 0.323. The molecule has 1 aliphatic rings. The molecule has 2 aromatic rings. The van der Waals surface area contributed by atoms with Crippen molar-refractivity contribution in [2.45, 2.75) is 20.0 Å². The van der Waals surface area contributed by atoms with Gasteiger partial charge < -0.3 is 19.0 Å². The second-order valence-corrected chi connectivity index (χ2v) is 5.88. The van der Waals surface area contributed by atoms with Gasteiger partial charge in [-0.2, -0.15) is 0 Å². The summed E-state index contributed by atoms with van der Waals surface area (Å²) in [5, 5.41) is 3.90. The van der Waals surface area contributed by atoms with E-state index in [2.05, 4.69) is 5.16 Å². The van der Waals surface area contributed by atoms with Gasteiger partial charge in [-0.3, -0.25) is 4.79 Å². The molecule has 2 aromatic carbocycles. The van der Waals surface area contributed by atoms with Gasteiger partial charge in [0.15, 0.2) is 17.6 Å². The summed E-state index contributed by atoms with van der Waals surface area (Å²) in [4.78, 5) is 29.1. The highest BCUT2D eigenvalue weighted by atomic mass is 16.7. The Bertz CT molecular complexity index is 862. The van der Waals surface area contributed by atoms with Crippen LogP contribution in [0.4, 0.5) is 0 Å². The summed E-state index contributed by atoms with van der Waals surface area (Å²) >= 11 is 0. The third-order valence-corrected chi connectivity index (χ3v) is 3.91. The minimum atomic E-state index is -0.901. The minimum absolute atomic E-state index is 0.192. The summed E-state index contributed by atoms with van der Waals surface area (Å²) in [6.45, 7) is 3.06. The van der Waals surface area contributed by atoms with Crippen LogP contribution >= 0.6 is 0 Å². The minimum Gasteiger partial charge on any atom is -0.454 e. The van der Waals surface area contributed by atoms with E-state index in [0.29, 0.717) is 22.8 Å². The molecule has 0 aliphatic carbocycles. The van der Waals surface area contributed by atoms with Gasteiger partial charge in [0, 0.05) is 11.1 Å². The number of hydrogen-bond donors (Lipinski definition) is 0. The molecule has 0 saturated carbocycles. The Balaban J connectivity index is 1.50. The second kappa shape index (κ2) is 8.35. The van der Waals surface area contributed by atoms with Crippen LogP contribution in [0.2, 0.25) is 0 Å². The smallest absolute Gasteiger partial charge is 0.347 e. The molecular formula is C20H19NO6. The van der Waals surface area contributed by atoms with Gasteiger partial charge in [-0.25, -0.2) is 4.79 Å². The molecule has 1 aliphatic heterocycles. The Morgan fingerprint density at radius 1 is 1.07 bits per heavy atom. The summed E-state index contributed by atoms with van der Waals surface area (Å²) in [7, 11) is 0. The molecule has 7 nitrogen and oxygen atoms in total. The van der Waals surface area contributed by atoms with Crippen molar-refractivity contribution >= 4 is 17.5 Å². The fourth-order valence-electron chi connectivity index (χ4n) is 2.48. The van der Waals surface area contributed by atoms with Crippen LogP contribution in [0.3, 0.4) is 0 Å². The summed E-state index contributed by atoms with van der Waals surface area (Å²) in [6, 6.07) is 14.0. The number of rotatable bonds is 7. The van der Waals surface area contributed by atoms with Gasteiger partial charge in [0.1, 0.15) is 0 Å². The lowest BCUT2D eigenvalue weighted by Crippen LogP contribution is -2.26. The predicted molar refractivity (Wildman–Crippen MR) is 97.1 cm³/mol. The van der Waals surface area contributed by atoms with Crippen molar-refractivity contribution in [1.29, 1.82) is 0 Å². The lowest BCUT2D eigenvalue weighted by atomic mass is 10.1. The van der Waals surface area contributed by atoms with Crippen LogP contribution in [0.15, 0.2) is 53.7 Å². The molecular weight excluding hydrogens is 350 g/mol. The lowest BCUT2D eigenvalue weighted by molar-refractivity contribution is -0.151. The van der Waals surface area contributed by atoms with Crippen LogP contribution in [0.25, 0.3) is 0 Å². The maximum atomic E-state index is 12.2. The van der Waals surface area contributed by atoms with Crippen LogP contribution < -0.4 is 9.47 Å². The van der Waals surface area contributed by atoms with Crippen LogP contribution in [-0.2, 0) is 14.4 Å². The number of oxime groups is 1. The van der Waals surface area contributed by atoms with E-state index in [1.807, 2.05) is 12.1 Å². The maximum absolute atomic E-state index is 12.2. The monoisotopic (exact) mass is 369 g/mol. The highest BCUT2D eigenvalue weighted by Gasteiger charge is 2.19. The number of ether oxygens (including phenoxy) is 3.